The van der Waals surface area contributed by atoms with Gasteiger partial charge in [-0.25, -0.2) is 8.78 Å². The van der Waals surface area contributed by atoms with Gasteiger partial charge in [0.25, 0.3) is 0 Å². The summed E-state index contributed by atoms with van der Waals surface area (Å²) in [4.78, 5) is 0. The Morgan fingerprint density at radius 2 is 1.75 bits per heavy atom. The SMILES string of the molecule is N#Cc1c(F)cc(C(O)C(O)CO)cc1F. The molecule has 0 radical (unpaired) electrons. The van der Waals surface area contributed by atoms with Crippen LogP contribution in [0.4, 0.5) is 8.78 Å². The first-order valence-electron chi connectivity index (χ1n) is 4.37. The van der Waals surface area contributed by atoms with Crippen LogP contribution in [0.15, 0.2) is 12.1 Å². The van der Waals surface area contributed by atoms with Gasteiger partial charge in [0.05, 0.1) is 6.61 Å². The van der Waals surface area contributed by atoms with E-state index in [1.54, 1.807) is 0 Å². The van der Waals surface area contributed by atoms with Gasteiger partial charge >= 0.3 is 0 Å². The van der Waals surface area contributed by atoms with Crippen LogP contribution in [0, 0.1) is 23.0 Å². The number of nitriles is 1. The van der Waals surface area contributed by atoms with Crippen LogP contribution in [-0.4, -0.2) is 28.0 Å². The lowest BCUT2D eigenvalue weighted by Gasteiger charge is -2.16. The summed E-state index contributed by atoms with van der Waals surface area (Å²) in [6.45, 7) is -0.746. The molecule has 3 N–H and O–H groups in total. The van der Waals surface area contributed by atoms with Crippen molar-refractivity contribution in [3.8, 4) is 6.07 Å². The van der Waals surface area contributed by atoms with Crippen molar-refractivity contribution >= 4 is 0 Å². The molecule has 6 heteroatoms. The van der Waals surface area contributed by atoms with Crippen LogP contribution < -0.4 is 0 Å². The van der Waals surface area contributed by atoms with Crippen molar-refractivity contribution in [2.75, 3.05) is 6.61 Å². The number of rotatable bonds is 3. The quantitative estimate of drug-likeness (QED) is 0.692. The molecule has 1 rings (SSSR count). The lowest BCUT2D eigenvalue weighted by molar-refractivity contribution is -0.0155. The maximum atomic E-state index is 13.1. The van der Waals surface area contributed by atoms with Crippen molar-refractivity contribution in [1.82, 2.24) is 0 Å². The highest BCUT2D eigenvalue weighted by molar-refractivity contribution is 5.36. The van der Waals surface area contributed by atoms with Gasteiger partial charge < -0.3 is 15.3 Å². The number of nitrogens with zero attached hydrogens (tertiary/aromatic N) is 1. The molecule has 0 aliphatic rings. The molecule has 0 saturated carbocycles. The van der Waals surface area contributed by atoms with E-state index < -0.39 is 36.0 Å². The van der Waals surface area contributed by atoms with Gasteiger partial charge in [-0.15, -0.1) is 0 Å². The third-order valence-corrected chi connectivity index (χ3v) is 2.07. The van der Waals surface area contributed by atoms with Crippen molar-refractivity contribution < 1.29 is 24.1 Å². The van der Waals surface area contributed by atoms with Gasteiger partial charge in [-0.3, -0.25) is 0 Å². The van der Waals surface area contributed by atoms with E-state index in [9.17, 15) is 13.9 Å². The molecule has 0 aliphatic heterocycles. The zero-order valence-electron chi connectivity index (χ0n) is 8.06. The minimum Gasteiger partial charge on any atom is -0.394 e. The van der Waals surface area contributed by atoms with E-state index in [0.29, 0.717) is 0 Å². The minimum atomic E-state index is -1.61. The summed E-state index contributed by atoms with van der Waals surface area (Å²) in [5.74, 6) is -2.25. The Balaban J connectivity index is 3.14. The fourth-order valence-electron chi connectivity index (χ4n) is 1.19. The summed E-state index contributed by atoms with van der Waals surface area (Å²) in [6.07, 6.45) is -3.14. The summed E-state index contributed by atoms with van der Waals surface area (Å²) in [6, 6.07) is 2.81. The van der Waals surface area contributed by atoms with Gasteiger partial charge in [0.15, 0.2) is 0 Å². The number of benzene rings is 1. The van der Waals surface area contributed by atoms with Crippen LogP contribution in [0.25, 0.3) is 0 Å². The Morgan fingerprint density at radius 3 is 2.12 bits per heavy atom. The predicted molar refractivity (Wildman–Crippen MR) is 49.1 cm³/mol. The molecule has 16 heavy (non-hydrogen) atoms. The summed E-state index contributed by atoms with van der Waals surface area (Å²) >= 11 is 0. The molecule has 2 atom stereocenters. The Kier molecular flexibility index (Phi) is 3.90. The van der Waals surface area contributed by atoms with Crippen LogP contribution in [0.2, 0.25) is 0 Å². The molecule has 0 fully saturated rings. The largest absolute Gasteiger partial charge is 0.394 e. The molecule has 0 aliphatic carbocycles. The zero-order valence-corrected chi connectivity index (χ0v) is 8.06. The van der Waals surface area contributed by atoms with Crippen molar-refractivity contribution in [3.63, 3.8) is 0 Å². The topological polar surface area (TPSA) is 84.5 Å². The average Bonchev–Trinajstić information content (AvgIpc) is 2.26. The fourth-order valence-corrected chi connectivity index (χ4v) is 1.19. The van der Waals surface area contributed by atoms with Crippen LogP contribution in [0.5, 0.6) is 0 Å². The number of hydrogen-bond donors (Lipinski definition) is 3. The summed E-state index contributed by atoms with van der Waals surface area (Å²) in [7, 11) is 0. The molecule has 0 saturated heterocycles. The van der Waals surface area contributed by atoms with Gasteiger partial charge in [0, 0.05) is 0 Å². The first kappa shape index (κ1) is 12.5. The highest BCUT2D eigenvalue weighted by Crippen LogP contribution is 2.22. The number of aliphatic hydroxyl groups is 3. The Morgan fingerprint density at radius 1 is 1.25 bits per heavy atom. The normalized spacial score (nSPS) is 14.2. The second kappa shape index (κ2) is 4.99. The molecule has 2 unspecified atom stereocenters. The minimum absolute atomic E-state index is 0.240. The third-order valence-electron chi connectivity index (χ3n) is 2.07. The molecular weight excluding hydrogens is 220 g/mol. The van der Waals surface area contributed by atoms with Crippen molar-refractivity contribution in [2.24, 2.45) is 0 Å². The van der Waals surface area contributed by atoms with Crippen molar-refractivity contribution in [1.29, 1.82) is 5.26 Å². The molecule has 0 amide bonds. The molecule has 4 nitrogen and oxygen atoms in total. The van der Waals surface area contributed by atoms with Gasteiger partial charge in [-0.05, 0) is 17.7 Å². The Bertz CT molecular complexity index is 408. The lowest BCUT2D eigenvalue weighted by Crippen LogP contribution is -2.22. The van der Waals surface area contributed by atoms with Gasteiger partial charge in [-0.1, -0.05) is 0 Å². The number of aliphatic hydroxyl groups excluding tert-OH is 3. The maximum absolute atomic E-state index is 13.1. The molecule has 0 aromatic heterocycles. The monoisotopic (exact) mass is 229 g/mol. The molecule has 1 aromatic rings. The number of halogens is 2. The highest BCUT2D eigenvalue weighted by Gasteiger charge is 2.21. The van der Waals surface area contributed by atoms with E-state index >= 15 is 0 Å². The second-order valence-electron chi connectivity index (χ2n) is 3.17. The maximum Gasteiger partial charge on any atom is 0.144 e. The van der Waals surface area contributed by atoms with Crippen LogP contribution in [-0.2, 0) is 0 Å². The lowest BCUT2D eigenvalue weighted by atomic mass is 10.0. The third kappa shape index (κ3) is 2.33. The van der Waals surface area contributed by atoms with Crippen molar-refractivity contribution in [2.45, 2.75) is 12.2 Å². The van der Waals surface area contributed by atoms with Crippen LogP contribution >= 0.6 is 0 Å². The smallest absolute Gasteiger partial charge is 0.144 e. The zero-order chi connectivity index (χ0) is 12.3. The summed E-state index contributed by atoms with van der Waals surface area (Å²) in [5, 5.41) is 35.4. The van der Waals surface area contributed by atoms with E-state index in [0.717, 1.165) is 12.1 Å². The average molecular weight is 229 g/mol. The first-order chi connectivity index (χ1) is 7.51. The molecule has 0 heterocycles. The van der Waals surface area contributed by atoms with Gasteiger partial charge in [0.1, 0.15) is 35.5 Å². The molecular formula is C10H9F2NO3. The van der Waals surface area contributed by atoms with Gasteiger partial charge in [-0.2, -0.15) is 5.26 Å². The summed E-state index contributed by atoms with van der Waals surface area (Å²) in [5.41, 5.74) is -0.995. The predicted octanol–water partition coefficient (Wildman–Crippen LogP) is 0.223. The van der Waals surface area contributed by atoms with Crippen LogP contribution in [0.3, 0.4) is 0 Å². The summed E-state index contributed by atoms with van der Waals surface area (Å²) < 4.78 is 26.2. The van der Waals surface area contributed by atoms with E-state index in [2.05, 4.69) is 0 Å². The molecule has 0 bridgehead atoms. The highest BCUT2D eigenvalue weighted by atomic mass is 19.1. The second-order valence-corrected chi connectivity index (χ2v) is 3.17. The van der Waals surface area contributed by atoms with Crippen LogP contribution in [0.1, 0.15) is 17.2 Å². The molecule has 0 spiro atoms. The Hall–Kier alpha value is -1.55. The number of hydrogen-bond acceptors (Lipinski definition) is 4. The first-order valence-corrected chi connectivity index (χ1v) is 4.37. The van der Waals surface area contributed by atoms with E-state index in [1.807, 2.05) is 0 Å². The Labute approximate surface area is 90.0 Å². The van der Waals surface area contributed by atoms with E-state index in [-0.39, 0.29) is 5.56 Å². The molecule has 1 aromatic carbocycles. The van der Waals surface area contributed by atoms with E-state index in [4.69, 9.17) is 15.5 Å². The van der Waals surface area contributed by atoms with Gasteiger partial charge in [0.2, 0.25) is 0 Å². The molecule has 86 valence electrons. The van der Waals surface area contributed by atoms with Crippen molar-refractivity contribution in [3.05, 3.63) is 34.9 Å². The standard InChI is InChI=1S/C10H9F2NO3/c11-7-1-5(10(16)9(15)4-14)2-8(12)6(7)3-13/h1-2,9-10,14-16H,4H2. The van der Waals surface area contributed by atoms with E-state index in [1.165, 1.54) is 6.07 Å². The fraction of sp³-hybridized carbons (Fsp3) is 0.300.